The van der Waals surface area contributed by atoms with Gasteiger partial charge in [0.25, 0.3) is 0 Å². The topological polar surface area (TPSA) is 83.3 Å². The molecule has 0 aliphatic heterocycles. The van der Waals surface area contributed by atoms with E-state index < -0.39 is 11.6 Å². The van der Waals surface area contributed by atoms with Gasteiger partial charge in [-0.1, -0.05) is 0 Å². The minimum Gasteiger partial charge on any atom is -0.476 e. The normalized spacial score (nSPS) is 11.3. The molecule has 0 unspecified atom stereocenters. The standard InChI is InChI=1S/C8H10N2O3/c1-8(2,13)6-5(7(11)12)9-3-4-10-6/h3-4,13H,1-2H3,(H,11,12). The Labute approximate surface area is 75.1 Å². The van der Waals surface area contributed by atoms with Crippen molar-refractivity contribution in [1.82, 2.24) is 9.97 Å². The second kappa shape index (κ2) is 3.10. The molecule has 1 heterocycles. The third-order valence-electron chi connectivity index (χ3n) is 1.48. The van der Waals surface area contributed by atoms with Gasteiger partial charge in [-0.25, -0.2) is 9.78 Å². The fourth-order valence-corrected chi connectivity index (χ4v) is 0.942. The number of carboxylic acid groups (broad SMARTS) is 1. The highest BCUT2D eigenvalue weighted by molar-refractivity contribution is 5.86. The van der Waals surface area contributed by atoms with Crippen LogP contribution in [0.4, 0.5) is 0 Å². The van der Waals surface area contributed by atoms with Gasteiger partial charge in [0.15, 0.2) is 5.69 Å². The molecule has 0 saturated carbocycles. The number of aromatic carboxylic acids is 1. The predicted molar refractivity (Wildman–Crippen MR) is 44.2 cm³/mol. The Morgan fingerprint density at radius 1 is 1.38 bits per heavy atom. The summed E-state index contributed by atoms with van der Waals surface area (Å²) in [6.45, 7) is 2.92. The summed E-state index contributed by atoms with van der Waals surface area (Å²) in [6, 6.07) is 0. The lowest BCUT2D eigenvalue weighted by Crippen LogP contribution is -2.22. The van der Waals surface area contributed by atoms with E-state index in [4.69, 9.17) is 5.11 Å². The molecule has 0 aliphatic rings. The fourth-order valence-electron chi connectivity index (χ4n) is 0.942. The maximum absolute atomic E-state index is 10.7. The summed E-state index contributed by atoms with van der Waals surface area (Å²) in [7, 11) is 0. The minimum absolute atomic E-state index is 0.0718. The van der Waals surface area contributed by atoms with Crippen molar-refractivity contribution in [3.05, 3.63) is 23.8 Å². The van der Waals surface area contributed by atoms with Crippen LogP contribution in [-0.2, 0) is 5.60 Å². The van der Waals surface area contributed by atoms with Crippen LogP contribution in [-0.4, -0.2) is 26.2 Å². The van der Waals surface area contributed by atoms with Crippen molar-refractivity contribution in [3.63, 3.8) is 0 Å². The number of hydrogen-bond donors (Lipinski definition) is 2. The number of nitrogens with zero attached hydrogens (tertiary/aromatic N) is 2. The summed E-state index contributed by atoms with van der Waals surface area (Å²) in [5, 5.41) is 18.3. The molecule has 0 amide bonds. The first-order chi connectivity index (χ1) is 5.93. The lowest BCUT2D eigenvalue weighted by atomic mass is 10.0. The molecule has 0 saturated heterocycles. The van der Waals surface area contributed by atoms with E-state index in [1.807, 2.05) is 0 Å². The Bertz CT molecular complexity index is 330. The monoisotopic (exact) mass is 182 g/mol. The molecule has 0 spiro atoms. The van der Waals surface area contributed by atoms with Crippen LogP contribution in [0.15, 0.2) is 12.4 Å². The number of rotatable bonds is 2. The van der Waals surface area contributed by atoms with E-state index in [1.54, 1.807) is 0 Å². The van der Waals surface area contributed by atoms with Crippen molar-refractivity contribution in [2.75, 3.05) is 0 Å². The van der Waals surface area contributed by atoms with E-state index in [0.29, 0.717) is 0 Å². The van der Waals surface area contributed by atoms with Crippen LogP contribution in [0.2, 0.25) is 0 Å². The fraction of sp³-hybridized carbons (Fsp3) is 0.375. The van der Waals surface area contributed by atoms with E-state index in [1.165, 1.54) is 26.2 Å². The lowest BCUT2D eigenvalue weighted by molar-refractivity contribution is 0.0598. The van der Waals surface area contributed by atoms with Crippen LogP contribution in [0.1, 0.15) is 30.0 Å². The van der Waals surface area contributed by atoms with Crippen LogP contribution >= 0.6 is 0 Å². The highest BCUT2D eigenvalue weighted by Crippen LogP contribution is 2.19. The predicted octanol–water partition coefficient (Wildman–Crippen LogP) is 0.402. The molecule has 0 aromatic carbocycles. The summed E-state index contributed by atoms with van der Waals surface area (Å²) < 4.78 is 0. The Balaban J connectivity index is 3.28. The van der Waals surface area contributed by atoms with Gasteiger partial charge in [0, 0.05) is 12.4 Å². The van der Waals surface area contributed by atoms with Gasteiger partial charge >= 0.3 is 5.97 Å². The zero-order valence-electron chi connectivity index (χ0n) is 7.35. The number of hydrogen-bond acceptors (Lipinski definition) is 4. The molecule has 2 N–H and O–H groups in total. The van der Waals surface area contributed by atoms with Crippen molar-refractivity contribution in [2.45, 2.75) is 19.4 Å². The van der Waals surface area contributed by atoms with Crippen LogP contribution < -0.4 is 0 Å². The van der Waals surface area contributed by atoms with Gasteiger partial charge in [-0.05, 0) is 13.8 Å². The van der Waals surface area contributed by atoms with Gasteiger partial charge in [0.1, 0.15) is 11.3 Å². The summed E-state index contributed by atoms with van der Waals surface area (Å²) in [6.07, 6.45) is 2.62. The molecule has 0 bridgehead atoms. The van der Waals surface area contributed by atoms with Crippen LogP contribution in [0.25, 0.3) is 0 Å². The lowest BCUT2D eigenvalue weighted by Gasteiger charge is -2.17. The second-order valence-corrected chi connectivity index (χ2v) is 3.12. The third kappa shape index (κ3) is 2.00. The van der Waals surface area contributed by atoms with Gasteiger partial charge in [-0.2, -0.15) is 0 Å². The molecule has 13 heavy (non-hydrogen) atoms. The van der Waals surface area contributed by atoms with E-state index in [-0.39, 0.29) is 11.4 Å². The molecule has 1 rings (SSSR count). The number of aliphatic hydroxyl groups is 1. The zero-order chi connectivity index (χ0) is 10.1. The molecule has 0 aliphatic carbocycles. The van der Waals surface area contributed by atoms with E-state index >= 15 is 0 Å². The first-order valence-electron chi connectivity index (χ1n) is 3.70. The zero-order valence-corrected chi connectivity index (χ0v) is 7.35. The Hall–Kier alpha value is -1.49. The number of aromatic nitrogens is 2. The van der Waals surface area contributed by atoms with E-state index in [9.17, 15) is 9.90 Å². The van der Waals surface area contributed by atoms with E-state index in [0.717, 1.165) is 0 Å². The van der Waals surface area contributed by atoms with Gasteiger partial charge < -0.3 is 10.2 Å². The highest BCUT2D eigenvalue weighted by atomic mass is 16.4. The SMILES string of the molecule is CC(C)(O)c1nccnc1C(=O)O. The Kier molecular flexibility index (Phi) is 2.29. The molecule has 70 valence electrons. The molecule has 5 nitrogen and oxygen atoms in total. The van der Waals surface area contributed by atoms with Crippen molar-refractivity contribution in [3.8, 4) is 0 Å². The molecule has 1 aromatic heterocycles. The third-order valence-corrected chi connectivity index (χ3v) is 1.48. The van der Waals surface area contributed by atoms with Crippen molar-refractivity contribution >= 4 is 5.97 Å². The second-order valence-electron chi connectivity index (χ2n) is 3.12. The Morgan fingerprint density at radius 3 is 2.31 bits per heavy atom. The molecular formula is C8H10N2O3. The number of carboxylic acids is 1. The van der Waals surface area contributed by atoms with Gasteiger partial charge in [0.2, 0.25) is 0 Å². The molecular weight excluding hydrogens is 172 g/mol. The van der Waals surface area contributed by atoms with Crippen molar-refractivity contribution < 1.29 is 15.0 Å². The van der Waals surface area contributed by atoms with Crippen LogP contribution in [0, 0.1) is 0 Å². The smallest absolute Gasteiger partial charge is 0.356 e. The quantitative estimate of drug-likeness (QED) is 0.691. The maximum Gasteiger partial charge on any atom is 0.356 e. The molecule has 0 atom stereocenters. The number of carbonyl (C=O) groups is 1. The molecule has 0 fully saturated rings. The van der Waals surface area contributed by atoms with Crippen molar-refractivity contribution in [2.24, 2.45) is 0 Å². The largest absolute Gasteiger partial charge is 0.476 e. The Morgan fingerprint density at radius 2 is 1.92 bits per heavy atom. The van der Waals surface area contributed by atoms with Gasteiger partial charge in [0.05, 0.1) is 0 Å². The molecule has 5 heteroatoms. The van der Waals surface area contributed by atoms with Crippen LogP contribution in [0.5, 0.6) is 0 Å². The summed E-state index contributed by atoms with van der Waals surface area (Å²) in [4.78, 5) is 18.1. The minimum atomic E-state index is -1.29. The van der Waals surface area contributed by atoms with Crippen molar-refractivity contribution in [1.29, 1.82) is 0 Å². The average molecular weight is 182 g/mol. The highest BCUT2D eigenvalue weighted by Gasteiger charge is 2.25. The first-order valence-corrected chi connectivity index (χ1v) is 3.70. The maximum atomic E-state index is 10.7. The van der Waals surface area contributed by atoms with E-state index in [2.05, 4.69) is 9.97 Å². The summed E-state index contributed by atoms with van der Waals surface area (Å²) in [5.41, 5.74) is -1.43. The molecule has 0 radical (unpaired) electrons. The summed E-state index contributed by atoms with van der Waals surface area (Å²) in [5.74, 6) is -1.19. The first kappa shape index (κ1) is 9.60. The van der Waals surface area contributed by atoms with Crippen LogP contribution in [0.3, 0.4) is 0 Å². The molecule has 1 aromatic rings. The van der Waals surface area contributed by atoms with Gasteiger partial charge in [-0.3, -0.25) is 4.98 Å². The summed E-state index contributed by atoms with van der Waals surface area (Å²) >= 11 is 0. The van der Waals surface area contributed by atoms with Gasteiger partial charge in [-0.15, -0.1) is 0 Å². The average Bonchev–Trinajstić information content (AvgIpc) is 2.03.